The lowest BCUT2D eigenvalue weighted by molar-refractivity contribution is 0.584. The summed E-state index contributed by atoms with van der Waals surface area (Å²) in [5.74, 6) is 0. The summed E-state index contributed by atoms with van der Waals surface area (Å²) in [6, 6.07) is 13.2. The molecule has 5 nitrogen and oxygen atoms in total. The minimum absolute atomic E-state index is 0.0251. The third-order valence-corrected chi connectivity index (χ3v) is 7.43. The molecule has 0 fully saturated rings. The smallest absolute Gasteiger partial charge is 0.209 e. The van der Waals surface area contributed by atoms with Gasteiger partial charge in [0.25, 0.3) is 0 Å². The molecule has 0 amide bonds. The molecule has 1 heterocycles. The number of hydrogen-bond donors (Lipinski definition) is 1. The van der Waals surface area contributed by atoms with Gasteiger partial charge in [-0.2, -0.15) is 0 Å². The van der Waals surface area contributed by atoms with Crippen LogP contribution in [0.2, 0.25) is 5.02 Å². The van der Waals surface area contributed by atoms with Crippen LogP contribution in [0, 0.1) is 0 Å². The molecular formula is C16H12ClNO4S2. The average molecular weight is 382 g/mol. The van der Waals surface area contributed by atoms with Crippen molar-refractivity contribution in [2.75, 3.05) is 0 Å². The molecule has 1 aromatic heterocycles. The van der Waals surface area contributed by atoms with Gasteiger partial charge in [0.2, 0.25) is 19.7 Å². The van der Waals surface area contributed by atoms with Gasteiger partial charge in [-0.15, -0.1) is 0 Å². The Morgan fingerprint density at radius 2 is 1.12 bits per heavy atom. The molecule has 0 radical (unpaired) electrons. The highest BCUT2D eigenvalue weighted by molar-refractivity contribution is 7.94. The van der Waals surface area contributed by atoms with Crippen molar-refractivity contribution in [1.82, 2.24) is 4.98 Å². The lowest BCUT2D eigenvalue weighted by atomic mass is 10.4. The molecule has 0 unspecified atom stereocenters. The molecule has 0 atom stereocenters. The highest BCUT2D eigenvalue weighted by Gasteiger charge is 2.30. The number of H-pyrrole nitrogens is 1. The number of aromatic amines is 1. The topological polar surface area (TPSA) is 84.1 Å². The molecule has 124 valence electrons. The SMILES string of the molecule is O=S(=O)(c1ccccc1)c1c[nH]cc1S(=O)(=O)c1ccc(Cl)cc1. The quantitative estimate of drug-likeness (QED) is 0.751. The molecule has 3 aromatic rings. The molecule has 1 N–H and O–H groups in total. The van der Waals surface area contributed by atoms with Gasteiger partial charge in [0.05, 0.1) is 9.79 Å². The van der Waals surface area contributed by atoms with Crippen LogP contribution < -0.4 is 0 Å². The summed E-state index contributed by atoms with van der Waals surface area (Å²) in [4.78, 5) is 1.98. The van der Waals surface area contributed by atoms with Crippen LogP contribution in [-0.4, -0.2) is 21.8 Å². The maximum absolute atomic E-state index is 12.8. The molecule has 0 aliphatic heterocycles. The van der Waals surface area contributed by atoms with Crippen LogP contribution in [0.5, 0.6) is 0 Å². The highest BCUT2D eigenvalue weighted by Crippen LogP contribution is 2.31. The van der Waals surface area contributed by atoms with Gasteiger partial charge in [-0.05, 0) is 36.4 Å². The van der Waals surface area contributed by atoms with E-state index in [-0.39, 0.29) is 19.6 Å². The van der Waals surface area contributed by atoms with E-state index in [4.69, 9.17) is 11.6 Å². The van der Waals surface area contributed by atoms with Crippen molar-refractivity contribution in [2.24, 2.45) is 0 Å². The van der Waals surface area contributed by atoms with Gasteiger partial charge >= 0.3 is 0 Å². The molecule has 3 rings (SSSR count). The van der Waals surface area contributed by atoms with E-state index in [9.17, 15) is 16.8 Å². The molecule has 2 aromatic carbocycles. The fraction of sp³-hybridized carbons (Fsp3) is 0. The molecule has 0 bridgehead atoms. The lowest BCUT2D eigenvalue weighted by Crippen LogP contribution is -2.08. The largest absolute Gasteiger partial charge is 0.365 e. The van der Waals surface area contributed by atoms with Crippen molar-refractivity contribution in [2.45, 2.75) is 19.6 Å². The molecule has 0 saturated carbocycles. The Labute approximate surface area is 144 Å². The van der Waals surface area contributed by atoms with Crippen LogP contribution in [-0.2, 0) is 19.7 Å². The third kappa shape index (κ3) is 2.86. The maximum atomic E-state index is 12.8. The Morgan fingerprint density at radius 3 is 1.62 bits per heavy atom. The van der Waals surface area contributed by atoms with Gasteiger partial charge in [-0.3, -0.25) is 0 Å². The summed E-state index contributed by atoms with van der Waals surface area (Å²) in [6.07, 6.45) is 2.34. The maximum Gasteiger partial charge on any atom is 0.209 e. The van der Waals surface area contributed by atoms with Crippen molar-refractivity contribution in [1.29, 1.82) is 0 Å². The van der Waals surface area contributed by atoms with Crippen LogP contribution in [0.4, 0.5) is 0 Å². The Balaban J connectivity index is 2.16. The van der Waals surface area contributed by atoms with Gasteiger partial charge in [-0.25, -0.2) is 16.8 Å². The van der Waals surface area contributed by atoms with Gasteiger partial charge in [0.1, 0.15) is 9.79 Å². The van der Waals surface area contributed by atoms with Gasteiger partial charge in [0.15, 0.2) is 0 Å². The van der Waals surface area contributed by atoms with Crippen LogP contribution in [0.1, 0.15) is 0 Å². The fourth-order valence-electron chi connectivity index (χ4n) is 2.22. The summed E-state index contributed by atoms with van der Waals surface area (Å²) in [5.41, 5.74) is 0. The summed E-state index contributed by atoms with van der Waals surface area (Å²) >= 11 is 5.77. The fourth-order valence-corrected chi connectivity index (χ4v) is 5.62. The van der Waals surface area contributed by atoms with E-state index < -0.39 is 19.7 Å². The standard InChI is InChI=1S/C16H12ClNO4S2/c17-12-6-8-14(9-7-12)24(21,22)16-11-18-10-15(16)23(19,20)13-4-2-1-3-5-13/h1-11,18H. The first-order valence-corrected chi connectivity index (χ1v) is 10.2. The number of aromatic nitrogens is 1. The number of rotatable bonds is 4. The summed E-state index contributed by atoms with van der Waals surface area (Å²) in [7, 11) is -7.97. The monoisotopic (exact) mass is 381 g/mol. The summed E-state index contributed by atoms with van der Waals surface area (Å²) in [5, 5.41) is 0.389. The molecule has 24 heavy (non-hydrogen) atoms. The number of halogens is 1. The summed E-state index contributed by atoms with van der Waals surface area (Å²) < 4.78 is 51.0. The first-order valence-electron chi connectivity index (χ1n) is 6.81. The molecule has 0 aliphatic carbocycles. The van der Waals surface area contributed by atoms with E-state index in [0.717, 1.165) is 0 Å². The van der Waals surface area contributed by atoms with Crippen molar-refractivity contribution in [3.8, 4) is 0 Å². The Kier molecular flexibility index (Phi) is 4.25. The Bertz CT molecular complexity index is 1070. The molecular weight excluding hydrogens is 370 g/mol. The predicted octanol–water partition coefficient (Wildman–Crippen LogP) is 3.33. The molecule has 0 saturated heterocycles. The van der Waals surface area contributed by atoms with E-state index in [1.807, 2.05) is 0 Å². The van der Waals surface area contributed by atoms with Gasteiger partial charge in [0, 0.05) is 17.4 Å². The zero-order chi connectivity index (χ0) is 17.4. The van der Waals surface area contributed by atoms with E-state index in [1.165, 1.54) is 48.8 Å². The molecule has 8 heteroatoms. The molecule has 0 spiro atoms. The summed E-state index contributed by atoms with van der Waals surface area (Å²) in [6.45, 7) is 0. The van der Waals surface area contributed by atoms with Crippen LogP contribution in [0.15, 0.2) is 86.6 Å². The van der Waals surface area contributed by atoms with Crippen molar-refractivity contribution < 1.29 is 16.8 Å². The second kappa shape index (κ2) is 6.08. The first-order chi connectivity index (χ1) is 11.3. The van der Waals surface area contributed by atoms with Gasteiger partial charge < -0.3 is 4.98 Å². The minimum atomic E-state index is -4.00. The number of nitrogens with one attached hydrogen (secondary N) is 1. The van der Waals surface area contributed by atoms with E-state index in [0.29, 0.717) is 5.02 Å². The van der Waals surface area contributed by atoms with Crippen LogP contribution >= 0.6 is 11.6 Å². The lowest BCUT2D eigenvalue weighted by Gasteiger charge is -2.07. The Morgan fingerprint density at radius 1 is 0.667 bits per heavy atom. The van der Waals surface area contributed by atoms with Crippen LogP contribution in [0.3, 0.4) is 0 Å². The molecule has 0 aliphatic rings. The van der Waals surface area contributed by atoms with Crippen molar-refractivity contribution in [3.63, 3.8) is 0 Å². The second-order valence-corrected chi connectivity index (χ2v) is 9.23. The number of sulfone groups is 2. The van der Waals surface area contributed by atoms with Crippen molar-refractivity contribution >= 4 is 31.3 Å². The first kappa shape index (κ1) is 16.8. The van der Waals surface area contributed by atoms with E-state index in [2.05, 4.69) is 4.98 Å². The average Bonchev–Trinajstić information content (AvgIpc) is 3.07. The van der Waals surface area contributed by atoms with Gasteiger partial charge in [-0.1, -0.05) is 29.8 Å². The van der Waals surface area contributed by atoms with E-state index in [1.54, 1.807) is 18.2 Å². The zero-order valence-electron chi connectivity index (χ0n) is 12.2. The van der Waals surface area contributed by atoms with E-state index >= 15 is 0 Å². The highest BCUT2D eigenvalue weighted by atomic mass is 35.5. The number of benzene rings is 2. The van der Waals surface area contributed by atoms with Crippen LogP contribution in [0.25, 0.3) is 0 Å². The predicted molar refractivity (Wildman–Crippen MR) is 89.6 cm³/mol. The Hall–Kier alpha value is -2.09. The number of hydrogen-bond acceptors (Lipinski definition) is 4. The third-order valence-electron chi connectivity index (χ3n) is 3.43. The van der Waals surface area contributed by atoms with Crippen molar-refractivity contribution in [3.05, 3.63) is 72.0 Å². The minimum Gasteiger partial charge on any atom is -0.365 e. The zero-order valence-corrected chi connectivity index (χ0v) is 14.6. The normalized spacial score (nSPS) is 12.2. The second-order valence-electron chi connectivity index (χ2n) is 4.96.